The minimum absolute atomic E-state index is 0.0585. The molecule has 0 aromatic carbocycles. The van der Waals surface area contributed by atoms with Crippen molar-refractivity contribution in [1.82, 2.24) is 4.90 Å². The number of aliphatic carboxylic acids is 1. The fourth-order valence-corrected chi connectivity index (χ4v) is 2.40. The number of carboxylic acid groups (broad SMARTS) is 1. The Morgan fingerprint density at radius 1 is 1.33 bits per heavy atom. The topological polar surface area (TPSA) is 57.6 Å². The monoisotopic (exact) mass is 255 g/mol. The highest BCUT2D eigenvalue weighted by molar-refractivity contribution is 5.78. The lowest BCUT2D eigenvalue weighted by molar-refractivity contribution is -0.138. The Kier molecular flexibility index (Phi) is 5.63. The minimum atomic E-state index is -0.742. The van der Waals surface area contributed by atoms with Gasteiger partial charge in [-0.2, -0.15) is 0 Å². The zero-order valence-corrected chi connectivity index (χ0v) is 11.7. The first kappa shape index (κ1) is 15.0. The molecule has 1 aliphatic rings. The van der Waals surface area contributed by atoms with E-state index in [-0.39, 0.29) is 18.2 Å². The van der Waals surface area contributed by atoms with E-state index in [0.29, 0.717) is 18.3 Å². The molecule has 0 bridgehead atoms. The van der Waals surface area contributed by atoms with Crippen LogP contribution in [0.1, 0.15) is 46.5 Å². The van der Waals surface area contributed by atoms with Crippen molar-refractivity contribution in [2.45, 2.75) is 46.5 Å². The first-order valence-electron chi connectivity index (χ1n) is 6.92. The molecule has 104 valence electrons. The number of piperidine rings is 1. The van der Waals surface area contributed by atoms with Crippen LogP contribution in [0.2, 0.25) is 0 Å². The lowest BCUT2D eigenvalue weighted by Gasteiger charge is -2.35. The highest BCUT2D eigenvalue weighted by atomic mass is 16.4. The molecule has 0 aromatic heterocycles. The molecule has 1 amide bonds. The Bertz CT molecular complexity index is 301. The summed E-state index contributed by atoms with van der Waals surface area (Å²) in [6.07, 6.45) is 2.95. The fraction of sp³-hybridized carbons (Fsp3) is 0.857. The zero-order valence-electron chi connectivity index (χ0n) is 11.7. The van der Waals surface area contributed by atoms with Crippen molar-refractivity contribution in [1.29, 1.82) is 0 Å². The zero-order chi connectivity index (χ0) is 13.7. The second-order valence-corrected chi connectivity index (χ2v) is 5.76. The van der Waals surface area contributed by atoms with E-state index in [2.05, 4.69) is 13.8 Å². The van der Waals surface area contributed by atoms with E-state index in [4.69, 9.17) is 5.11 Å². The van der Waals surface area contributed by atoms with Crippen molar-refractivity contribution in [3.8, 4) is 0 Å². The van der Waals surface area contributed by atoms with Gasteiger partial charge in [-0.3, -0.25) is 9.59 Å². The van der Waals surface area contributed by atoms with Crippen LogP contribution in [0.15, 0.2) is 0 Å². The summed E-state index contributed by atoms with van der Waals surface area (Å²) in [4.78, 5) is 24.7. The van der Waals surface area contributed by atoms with Crippen LogP contribution >= 0.6 is 0 Å². The minimum Gasteiger partial charge on any atom is -0.481 e. The molecule has 0 saturated carbocycles. The van der Waals surface area contributed by atoms with E-state index in [1.165, 1.54) is 0 Å². The molecular weight excluding hydrogens is 230 g/mol. The molecule has 4 heteroatoms. The van der Waals surface area contributed by atoms with E-state index in [1.807, 2.05) is 11.8 Å². The summed E-state index contributed by atoms with van der Waals surface area (Å²) in [6, 6.07) is 0. The molecule has 0 aliphatic carbocycles. The summed E-state index contributed by atoms with van der Waals surface area (Å²) in [5, 5.41) is 8.70. The van der Waals surface area contributed by atoms with Gasteiger partial charge in [0.15, 0.2) is 0 Å². The van der Waals surface area contributed by atoms with Crippen molar-refractivity contribution in [3.05, 3.63) is 0 Å². The number of rotatable bonds is 5. The molecule has 4 nitrogen and oxygen atoms in total. The highest BCUT2D eigenvalue weighted by Crippen LogP contribution is 2.23. The van der Waals surface area contributed by atoms with Gasteiger partial charge in [0.25, 0.3) is 0 Å². The SMILES string of the molecule is CC(C)C(C)C(=O)N1CCCC(CCC(=O)O)C1. The van der Waals surface area contributed by atoms with Gasteiger partial charge in [0.1, 0.15) is 0 Å². The third kappa shape index (κ3) is 4.31. The molecule has 2 unspecified atom stereocenters. The van der Waals surface area contributed by atoms with Crippen LogP contribution in [0, 0.1) is 17.8 Å². The number of amides is 1. The normalized spacial score (nSPS) is 22.0. The van der Waals surface area contributed by atoms with Crippen LogP contribution in [0.3, 0.4) is 0 Å². The maximum absolute atomic E-state index is 12.2. The summed E-state index contributed by atoms with van der Waals surface area (Å²) in [5.41, 5.74) is 0. The van der Waals surface area contributed by atoms with Crippen LogP contribution < -0.4 is 0 Å². The van der Waals surface area contributed by atoms with Gasteiger partial charge in [0.05, 0.1) is 0 Å². The van der Waals surface area contributed by atoms with E-state index in [0.717, 1.165) is 25.9 Å². The van der Waals surface area contributed by atoms with Gasteiger partial charge in [0, 0.05) is 25.4 Å². The maximum Gasteiger partial charge on any atom is 0.303 e. The quantitative estimate of drug-likeness (QED) is 0.820. The largest absolute Gasteiger partial charge is 0.481 e. The number of nitrogens with zero attached hydrogens (tertiary/aromatic N) is 1. The molecule has 1 aliphatic heterocycles. The Morgan fingerprint density at radius 3 is 2.56 bits per heavy atom. The number of likely N-dealkylation sites (tertiary alicyclic amines) is 1. The number of hydrogen-bond acceptors (Lipinski definition) is 2. The molecule has 1 rings (SSSR count). The molecule has 1 saturated heterocycles. The Balaban J connectivity index is 2.47. The van der Waals surface area contributed by atoms with Crippen LogP contribution in [-0.2, 0) is 9.59 Å². The van der Waals surface area contributed by atoms with Crippen LogP contribution in [-0.4, -0.2) is 35.0 Å². The second kappa shape index (κ2) is 6.76. The van der Waals surface area contributed by atoms with E-state index >= 15 is 0 Å². The van der Waals surface area contributed by atoms with Crippen molar-refractivity contribution in [2.24, 2.45) is 17.8 Å². The van der Waals surface area contributed by atoms with Crippen LogP contribution in [0.25, 0.3) is 0 Å². The third-order valence-electron chi connectivity index (χ3n) is 3.99. The Labute approximate surface area is 109 Å². The van der Waals surface area contributed by atoms with Crippen molar-refractivity contribution < 1.29 is 14.7 Å². The second-order valence-electron chi connectivity index (χ2n) is 5.76. The van der Waals surface area contributed by atoms with E-state index < -0.39 is 5.97 Å². The standard InChI is InChI=1S/C14H25NO3/c1-10(2)11(3)14(18)15-8-4-5-12(9-15)6-7-13(16)17/h10-12H,4-9H2,1-3H3,(H,16,17). The summed E-state index contributed by atoms with van der Waals surface area (Å²) in [6.45, 7) is 7.68. The predicted molar refractivity (Wildman–Crippen MR) is 70.2 cm³/mol. The highest BCUT2D eigenvalue weighted by Gasteiger charge is 2.28. The van der Waals surface area contributed by atoms with Crippen LogP contribution in [0.4, 0.5) is 0 Å². The van der Waals surface area contributed by atoms with Gasteiger partial charge in [-0.1, -0.05) is 20.8 Å². The third-order valence-corrected chi connectivity index (χ3v) is 3.99. The number of carbonyl (C=O) groups is 2. The summed E-state index contributed by atoms with van der Waals surface area (Å²) in [5.74, 6) is 0.261. The molecule has 0 aromatic rings. The van der Waals surface area contributed by atoms with Gasteiger partial charge in [-0.05, 0) is 31.1 Å². The van der Waals surface area contributed by atoms with E-state index in [1.54, 1.807) is 0 Å². The van der Waals surface area contributed by atoms with Crippen molar-refractivity contribution >= 4 is 11.9 Å². The van der Waals surface area contributed by atoms with Gasteiger partial charge < -0.3 is 10.0 Å². The molecule has 0 radical (unpaired) electrons. The lowest BCUT2D eigenvalue weighted by Crippen LogP contribution is -2.43. The number of carbonyl (C=O) groups excluding carboxylic acids is 1. The molecule has 2 atom stereocenters. The molecular formula is C14H25NO3. The van der Waals surface area contributed by atoms with Crippen LogP contribution in [0.5, 0.6) is 0 Å². The predicted octanol–water partition coefficient (Wildman–Crippen LogP) is 2.38. The first-order valence-corrected chi connectivity index (χ1v) is 6.92. The number of carboxylic acids is 1. The molecule has 1 N–H and O–H groups in total. The summed E-state index contributed by atoms with van der Waals surface area (Å²) >= 11 is 0. The van der Waals surface area contributed by atoms with Gasteiger partial charge in [0.2, 0.25) is 5.91 Å². The molecule has 18 heavy (non-hydrogen) atoms. The Morgan fingerprint density at radius 2 is 2.00 bits per heavy atom. The van der Waals surface area contributed by atoms with Crippen molar-refractivity contribution in [2.75, 3.05) is 13.1 Å². The lowest BCUT2D eigenvalue weighted by atomic mass is 9.91. The average molecular weight is 255 g/mol. The molecule has 1 heterocycles. The average Bonchev–Trinajstić information content (AvgIpc) is 2.34. The van der Waals surface area contributed by atoms with Gasteiger partial charge in [-0.25, -0.2) is 0 Å². The van der Waals surface area contributed by atoms with Crippen molar-refractivity contribution in [3.63, 3.8) is 0 Å². The molecule has 1 fully saturated rings. The maximum atomic E-state index is 12.2. The summed E-state index contributed by atoms with van der Waals surface area (Å²) in [7, 11) is 0. The Hall–Kier alpha value is -1.06. The van der Waals surface area contributed by atoms with Gasteiger partial charge >= 0.3 is 5.97 Å². The van der Waals surface area contributed by atoms with E-state index in [9.17, 15) is 9.59 Å². The fourth-order valence-electron chi connectivity index (χ4n) is 2.40. The molecule has 0 spiro atoms. The first-order chi connectivity index (χ1) is 8.41. The smallest absolute Gasteiger partial charge is 0.303 e. The van der Waals surface area contributed by atoms with Gasteiger partial charge in [-0.15, -0.1) is 0 Å². The summed E-state index contributed by atoms with van der Waals surface area (Å²) < 4.78 is 0. The number of hydrogen-bond donors (Lipinski definition) is 1.